The number of hydrogen-bond acceptors (Lipinski definition) is 3. The average molecular weight is 332 g/mol. The Morgan fingerprint density at radius 1 is 1.26 bits per heavy atom. The molecule has 0 aliphatic carbocycles. The van der Waals surface area contributed by atoms with Gasteiger partial charge in [0.2, 0.25) is 0 Å². The van der Waals surface area contributed by atoms with Crippen LogP contribution in [0, 0.1) is 0 Å². The summed E-state index contributed by atoms with van der Waals surface area (Å²) in [5.74, 6) is -0.471. The van der Waals surface area contributed by atoms with Gasteiger partial charge in [-0.2, -0.15) is 0 Å². The molecule has 2 aromatic rings. The number of carbonyl (C=O) groups is 2. The van der Waals surface area contributed by atoms with Crippen LogP contribution in [-0.2, 0) is 0 Å². The van der Waals surface area contributed by atoms with Crippen LogP contribution in [-0.4, -0.2) is 30.1 Å². The summed E-state index contributed by atoms with van der Waals surface area (Å²) in [6, 6.07) is 10.9. The maximum absolute atomic E-state index is 12.3. The van der Waals surface area contributed by atoms with Gasteiger partial charge < -0.3 is 15.7 Å². The third kappa shape index (κ3) is 3.22. The lowest BCUT2D eigenvalue weighted by Gasteiger charge is -2.15. The van der Waals surface area contributed by atoms with E-state index in [1.165, 1.54) is 18.2 Å². The maximum Gasteiger partial charge on any atom is 0.321 e. The van der Waals surface area contributed by atoms with E-state index in [0.717, 1.165) is 0 Å². The average Bonchev–Trinajstić information content (AvgIpc) is 2.97. The number of amides is 3. The fourth-order valence-electron chi connectivity index (χ4n) is 2.34. The molecule has 23 heavy (non-hydrogen) atoms. The van der Waals surface area contributed by atoms with Gasteiger partial charge in [-0.05, 0) is 36.4 Å². The number of carbonyl (C=O) groups excluding carboxylic acids is 2. The van der Waals surface area contributed by atoms with Crippen molar-refractivity contribution >= 4 is 34.9 Å². The first-order chi connectivity index (χ1) is 11.0. The Kier molecular flexibility index (Phi) is 4.08. The monoisotopic (exact) mass is 331 g/mol. The highest BCUT2D eigenvalue weighted by Gasteiger charge is 2.21. The van der Waals surface area contributed by atoms with Gasteiger partial charge in [-0.15, -0.1) is 0 Å². The van der Waals surface area contributed by atoms with E-state index in [4.69, 9.17) is 11.6 Å². The molecular formula is C16H14ClN3O3. The van der Waals surface area contributed by atoms with Crippen molar-refractivity contribution in [1.29, 1.82) is 0 Å². The SMILES string of the molecule is O=C(Nc1cc(Cl)ccc1O)c1cccc(N2CCNC2=O)c1. The van der Waals surface area contributed by atoms with Crippen molar-refractivity contribution in [3.8, 4) is 5.75 Å². The molecule has 1 aliphatic rings. The van der Waals surface area contributed by atoms with Gasteiger partial charge in [-0.1, -0.05) is 17.7 Å². The molecule has 7 heteroatoms. The highest BCUT2D eigenvalue weighted by molar-refractivity contribution is 6.31. The second-order valence-electron chi connectivity index (χ2n) is 5.05. The summed E-state index contributed by atoms with van der Waals surface area (Å²) in [6.45, 7) is 1.13. The quantitative estimate of drug-likeness (QED) is 0.756. The Labute approximate surface area is 137 Å². The number of rotatable bonds is 3. The molecule has 1 heterocycles. The Bertz CT molecular complexity index is 779. The van der Waals surface area contributed by atoms with Crippen LogP contribution in [0.4, 0.5) is 16.2 Å². The fraction of sp³-hybridized carbons (Fsp3) is 0.125. The summed E-state index contributed by atoms with van der Waals surface area (Å²) in [6.07, 6.45) is 0. The predicted molar refractivity (Wildman–Crippen MR) is 88.3 cm³/mol. The molecule has 118 valence electrons. The standard InChI is InChI=1S/C16H14ClN3O3/c17-11-4-5-14(21)13(9-11)19-15(22)10-2-1-3-12(8-10)20-7-6-18-16(20)23/h1-5,8-9,21H,6-7H2,(H,18,23)(H,19,22). The van der Waals surface area contributed by atoms with Crippen LogP contribution in [0.5, 0.6) is 5.75 Å². The summed E-state index contributed by atoms with van der Waals surface area (Å²) in [4.78, 5) is 25.6. The van der Waals surface area contributed by atoms with Crippen LogP contribution < -0.4 is 15.5 Å². The molecule has 3 rings (SSSR count). The van der Waals surface area contributed by atoms with Crippen LogP contribution in [0.15, 0.2) is 42.5 Å². The molecule has 3 amide bonds. The summed E-state index contributed by atoms with van der Waals surface area (Å²) >= 11 is 5.86. The second kappa shape index (κ2) is 6.18. The Balaban J connectivity index is 1.82. The number of urea groups is 1. The number of benzene rings is 2. The number of anilines is 2. The van der Waals surface area contributed by atoms with Gasteiger partial charge in [0.25, 0.3) is 5.91 Å². The highest BCUT2D eigenvalue weighted by Crippen LogP contribution is 2.27. The van der Waals surface area contributed by atoms with Crippen molar-refractivity contribution in [2.75, 3.05) is 23.3 Å². The normalized spacial score (nSPS) is 13.8. The van der Waals surface area contributed by atoms with Crippen molar-refractivity contribution < 1.29 is 14.7 Å². The van der Waals surface area contributed by atoms with Crippen molar-refractivity contribution in [2.45, 2.75) is 0 Å². The molecule has 1 fully saturated rings. The van der Waals surface area contributed by atoms with Gasteiger partial charge in [0.15, 0.2) is 0 Å². The molecule has 3 N–H and O–H groups in total. The number of halogens is 1. The number of aromatic hydroxyl groups is 1. The third-order valence-corrected chi connectivity index (χ3v) is 3.72. The van der Waals surface area contributed by atoms with E-state index >= 15 is 0 Å². The van der Waals surface area contributed by atoms with Crippen LogP contribution in [0.1, 0.15) is 10.4 Å². The largest absolute Gasteiger partial charge is 0.506 e. The van der Waals surface area contributed by atoms with E-state index in [1.54, 1.807) is 29.2 Å². The summed E-state index contributed by atoms with van der Waals surface area (Å²) in [5.41, 5.74) is 1.25. The number of nitrogens with zero attached hydrogens (tertiary/aromatic N) is 1. The van der Waals surface area contributed by atoms with Crippen LogP contribution in [0.3, 0.4) is 0 Å². The number of hydrogen-bond donors (Lipinski definition) is 3. The number of nitrogens with one attached hydrogen (secondary N) is 2. The third-order valence-electron chi connectivity index (χ3n) is 3.48. The van der Waals surface area contributed by atoms with Crippen molar-refractivity contribution in [2.24, 2.45) is 0 Å². The lowest BCUT2D eigenvalue weighted by Crippen LogP contribution is -2.27. The molecule has 0 bridgehead atoms. The smallest absolute Gasteiger partial charge is 0.321 e. The summed E-state index contributed by atoms with van der Waals surface area (Å²) in [7, 11) is 0. The van der Waals surface area contributed by atoms with Crippen molar-refractivity contribution in [3.05, 3.63) is 53.1 Å². The Hall–Kier alpha value is -2.73. The van der Waals surface area contributed by atoms with Gasteiger partial charge >= 0.3 is 6.03 Å². The van der Waals surface area contributed by atoms with Gasteiger partial charge in [-0.3, -0.25) is 9.69 Å². The molecule has 0 saturated carbocycles. The molecule has 0 atom stereocenters. The number of phenols is 1. The van der Waals surface area contributed by atoms with Crippen LogP contribution in [0.25, 0.3) is 0 Å². The lowest BCUT2D eigenvalue weighted by atomic mass is 10.1. The van der Waals surface area contributed by atoms with Crippen LogP contribution >= 0.6 is 11.6 Å². The van der Waals surface area contributed by atoms with Gasteiger partial charge in [0, 0.05) is 29.4 Å². The van der Waals surface area contributed by atoms with E-state index in [-0.39, 0.29) is 17.5 Å². The minimum absolute atomic E-state index is 0.0715. The van der Waals surface area contributed by atoms with Crippen LogP contribution in [0.2, 0.25) is 5.02 Å². The molecule has 6 nitrogen and oxygen atoms in total. The first kappa shape index (κ1) is 15.2. The zero-order chi connectivity index (χ0) is 16.4. The van der Waals surface area contributed by atoms with E-state index < -0.39 is 5.91 Å². The molecule has 2 aromatic carbocycles. The van der Waals surface area contributed by atoms with Gasteiger partial charge in [-0.25, -0.2) is 4.79 Å². The minimum atomic E-state index is -0.399. The molecule has 1 saturated heterocycles. The highest BCUT2D eigenvalue weighted by atomic mass is 35.5. The van der Waals surface area contributed by atoms with E-state index in [1.807, 2.05) is 0 Å². The van der Waals surface area contributed by atoms with Gasteiger partial charge in [0.05, 0.1) is 5.69 Å². The second-order valence-corrected chi connectivity index (χ2v) is 5.49. The number of phenolic OH excluding ortho intramolecular Hbond substituents is 1. The lowest BCUT2D eigenvalue weighted by molar-refractivity contribution is 0.102. The zero-order valence-corrected chi connectivity index (χ0v) is 12.8. The van der Waals surface area contributed by atoms with E-state index in [2.05, 4.69) is 10.6 Å². The molecule has 1 aliphatic heterocycles. The topological polar surface area (TPSA) is 81.7 Å². The zero-order valence-electron chi connectivity index (χ0n) is 12.0. The Morgan fingerprint density at radius 2 is 2.09 bits per heavy atom. The van der Waals surface area contributed by atoms with E-state index in [9.17, 15) is 14.7 Å². The molecule has 0 spiro atoms. The first-order valence-electron chi connectivity index (χ1n) is 7.00. The van der Waals surface area contributed by atoms with Gasteiger partial charge in [0.1, 0.15) is 5.75 Å². The Morgan fingerprint density at radius 3 is 2.83 bits per heavy atom. The summed E-state index contributed by atoms with van der Waals surface area (Å²) in [5, 5.41) is 15.5. The summed E-state index contributed by atoms with van der Waals surface area (Å²) < 4.78 is 0. The molecular weight excluding hydrogens is 318 g/mol. The van der Waals surface area contributed by atoms with E-state index in [0.29, 0.717) is 29.4 Å². The first-order valence-corrected chi connectivity index (χ1v) is 7.38. The predicted octanol–water partition coefficient (Wildman–Crippen LogP) is 2.83. The van der Waals surface area contributed by atoms with Crippen molar-refractivity contribution in [3.63, 3.8) is 0 Å². The fourth-order valence-corrected chi connectivity index (χ4v) is 2.51. The molecule has 0 radical (unpaired) electrons. The maximum atomic E-state index is 12.3. The van der Waals surface area contributed by atoms with Crippen molar-refractivity contribution in [1.82, 2.24) is 5.32 Å². The molecule has 0 aromatic heterocycles. The molecule has 0 unspecified atom stereocenters. The minimum Gasteiger partial charge on any atom is -0.506 e.